The van der Waals surface area contributed by atoms with Gasteiger partial charge in [0.15, 0.2) is 0 Å². The van der Waals surface area contributed by atoms with Crippen molar-refractivity contribution in [3.8, 4) is 0 Å². The average molecular weight is 267 g/mol. The number of piperazine rings is 1. The molecule has 2 heteroatoms. The van der Waals surface area contributed by atoms with Gasteiger partial charge in [-0.15, -0.1) is 0 Å². The van der Waals surface area contributed by atoms with E-state index in [1.807, 2.05) is 0 Å². The molecule has 2 aromatic carbocycles. The molecule has 20 heavy (non-hydrogen) atoms. The van der Waals surface area contributed by atoms with Crippen LogP contribution in [0.5, 0.6) is 0 Å². The van der Waals surface area contributed by atoms with Crippen LogP contribution < -0.4 is 9.80 Å². The maximum absolute atomic E-state index is 2.50. The lowest BCUT2D eigenvalue weighted by atomic mass is 10.1. The van der Waals surface area contributed by atoms with Gasteiger partial charge in [0.2, 0.25) is 0 Å². The molecular formula is C18H23N2+. The molecule has 1 N–H and O–H groups in total. The summed E-state index contributed by atoms with van der Waals surface area (Å²) in [6, 6.07) is 19.7. The van der Waals surface area contributed by atoms with Gasteiger partial charge in [-0.2, -0.15) is 0 Å². The van der Waals surface area contributed by atoms with Gasteiger partial charge in [-0.25, -0.2) is 0 Å². The monoisotopic (exact) mass is 267 g/mol. The highest BCUT2D eigenvalue weighted by Gasteiger charge is 2.19. The van der Waals surface area contributed by atoms with Gasteiger partial charge < -0.3 is 9.80 Å². The summed E-state index contributed by atoms with van der Waals surface area (Å²) in [7, 11) is 0. The molecule has 104 valence electrons. The zero-order valence-electron chi connectivity index (χ0n) is 12.2. The third-order valence-electron chi connectivity index (χ3n) is 4.13. The normalized spacial score (nSPS) is 16.4. The lowest BCUT2D eigenvalue weighted by molar-refractivity contribution is -0.914. The number of nitrogens with zero attached hydrogens (tertiary/aromatic N) is 1. The van der Waals surface area contributed by atoms with E-state index in [1.54, 1.807) is 4.90 Å². The van der Waals surface area contributed by atoms with Crippen LogP contribution in [0, 0.1) is 6.92 Å². The minimum atomic E-state index is 1.16. The number of para-hydroxylation sites is 1. The van der Waals surface area contributed by atoms with E-state index in [0.717, 1.165) is 19.6 Å². The molecule has 1 heterocycles. The summed E-state index contributed by atoms with van der Waals surface area (Å²) in [5.41, 5.74) is 4.19. The molecule has 0 amide bonds. The van der Waals surface area contributed by atoms with Crippen LogP contribution in [0.25, 0.3) is 0 Å². The van der Waals surface area contributed by atoms with Crippen LogP contribution >= 0.6 is 0 Å². The van der Waals surface area contributed by atoms with Gasteiger partial charge >= 0.3 is 0 Å². The second kappa shape index (κ2) is 6.10. The lowest BCUT2D eigenvalue weighted by Crippen LogP contribution is -3.13. The Morgan fingerprint density at radius 2 is 1.70 bits per heavy atom. The molecule has 0 spiro atoms. The van der Waals surface area contributed by atoms with Crippen molar-refractivity contribution in [2.24, 2.45) is 0 Å². The van der Waals surface area contributed by atoms with Gasteiger partial charge in [0.1, 0.15) is 6.54 Å². The van der Waals surface area contributed by atoms with E-state index in [4.69, 9.17) is 0 Å². The van der Waals surface area contributed by atoms with Gasteiger partial charge in [0.25, 0.3) is 0 Å². The Hall–Kier alpha value is -1.80. The van der Waals surface area contributed by atoms with Crippen LogP contribution in [0.3, 0.4) is 0 Å². The molecular weight excluding hydrogens is 244 g/mol. The first kappa shape index (κ1) is 13.2. The predicted molar refractivity (Wildman–Crippen MR) is 84.2 cm³/mol. The van der Waals surface area contributed by atoms with Gasteiger partial charge in [-0.3, -0.25) is 0 Å². The van der Waals surface area contributed by atoms with Gasteiger partial charge in [0.05, 0.1) is 26.2 Å². The van der Waals surface area contributed by atoms with Crippen LogP contribution in [0.15, 0.2) is 54.6 Å². The van der Waals surface area contributed by atoms with E-state index >= 15 is 0 Å². The van der Waals surface area contributed by atoms with Crippen molar-refractivity contribution < 1.29 is 4.90 Å². The number of hydrogen-bond acceptors (Lipinski definition) is 1. The van der Waals surface area contributed by atoms with E-state index in [0.29, 0.717) is 0 Å². The van der Waals surface area contributed by atoms with Crippen molar-refractivity contribution >= 4 is 5.69 Å². The van der Waals surface area contributed by atoms with Gasteiger partial charge in [-0.1, -0.05) is 48.0 Å². The fourth-order valence-corrected chi connectivity index (χ4v) is 3.01. The quantitative estimate of drug-likeness (QED) is 0.892. The molecule has 1 saturated heterocycles. The highest BCUT2D eigenvalue weighted by atomic mass is 15.3. The number of aryl methyl sites for hydroxylation is 1. The smallest absolute Gasteiger partial charge is 0.103 e. The second-order valence-electron chi connectivity index (χ2n) is 5.74. The molecule has 3 rings (SSSR count). The Balaban J connectivity index is 1.56. The van der Waals surface area contributed by atoms with Crippen LogP contribution in [0.1, 0.15) is 11.1 Å². The van der Waals surface area contributed by atoms with Crippen molar-refractivity contribution in [3.63, 3.8) is 0 Å². The number of rotatable bonds is 3. The fraction of sp³-hybridized carbons (Fsp3) is 0.333. The summed E-state index contributed by atoms with van der Waals surface area (Å²) in [5, 5.41) is 0. The topological polar surface area (TPSA) is 7.68 Å². The van der Waals surface area contributed by atoms with Crippen molar-refractivity contribution in [2.75, 3.05) is 31.1 Å². The molecule has 2 aromatic rings. The average Bonchev–Trinajstić information content (AvgIpc) is 2.49. The van der Waals surface area contributed by atoms with Crippen molar-refractivity contribution in [1.82, 2.24) is 0 Å². The molecule has 1 fully saturated rings. The second-order valence-corrected chi connectivity index (χ2v) is 5.74. The minimum absolute atomic E-state index is 1.16. The number of anilines is 1. The highest BCUT2D eigenvalue weighted by Crippen LogP contribution is 2.12. The molecule has 1 aliphatic heterocycles. The van der Waals surface area contributed by atoms with E-state index < -0.39 is 0 Å². The SMILES string of the molecule is Cc1cccc(C[NH+]2CCN(c3ccccc3)CC2)c1. The van der Waals surface area contributed by atoms with E-state index in [-0.39, 0.29) is 0 Å². The molecule has 0 unspecified atom stereocenters. The van der Waals surface area contributed by atoms with Crippen molar-refractivity contribution in [1.29, 1.82) is 0 Å². The molecule has 2 nitrogen and oxygen atoms in total. The van der Waals surface area contributed by atoms with Crippen LogP contribution in [0.4, 0.5) is 5.69 Å². The third kappa shape index (κ3) is 3.20. The van der Waals surface area contributed by atoms with Gasteiger partial charge in [0, 0.05) is 11.3 Å². The molecule has 0 bridgehead atoms. The predicted octanol–water partition coefficient (Wildman–Crippen LogP) is 1.90. The Labute approximate surface area is 121 Å². The zero-order valence-corrected chi connectivity index (χ0v) is 12.2. The number of benzene rings is 2. The standard InChI is InChI=1S/C18H22N2/c1-16-6-5-7-17(14-16)15-19-10-12-20(13-11-19)18-8-3-2-4-9-18/h2-9,14H,10-13,15H2,1H3/p+1. The molecule has 0 aliphatic carbocycles. The van der Waals surface area contributed by atoms with Crippen LogP contribution in [0.2, 0.25) is 0 Å². The Morgan fingerprint density at radius 3 is 2.40 bits per heavy atom. The zero-order chi connectivity index (χ0) is 13.8. The maximum atomic E-state index is 2.50. The summed E-state index contributed by atoms with van der Waals surface area (Å²) >= 11 is 0. The molecule has 0 saturated carbocycles. The van der Waals surface area contributed by atoms with Gasteiger partial charge in [-0.05, 0) is 19.1 Å². The van der Waals surface area contributed by atoms with E-state index in [1.165, 1.54) is 29.9 Å². The van der Waals surface area contributed by atoms with Crippen LogP contribution in [-0.4, -0.2) is 26.2 Å². The largest absolute Gasteiger partial charge is 0.360 e. The van der Waals surface area contributed by atoms with Crippen molar-refractivity contribution in [3.05, 3.63) is 65.7 Å². The first-order valence-electron chi connectivity index (χ1n) is 7.50. The Bertz CT molecular complexity index is 542. The fourth-order valence-electron chi connectivity index (χ4n) is 3.01. The maximum Gasteiger partial charge on any atom is 0.103 e. The van der Waals surface area contributed by atoms with E-state index in [9.17, 15) is 0 Å². The first-order valence-corrected chi connectivity index (χ1v) is 7.50. The first-order chi connectivity index (χ1) is 9.81. The molecule has 1 aliphatic rings. The Morgan fingerprint density at radius 1 is 0.950 bits per heavy atom. The molecule has 0 aromatic heterocycles. The molecule has 0 radical (unpaired) electrons. The van der Waals surface area contributed by atoms with E-state index in [2.05, 4.69) is 66.4 Å². The molecule has 0 atom stereocenters. The summed E-state index contributed by atoms with van der Waals surface area (Å²) < 4.78 is 0. The summed E-state index contributed by atoms with van der Waals surface area (Å²) in [5.74, 6) is 0. The third-order valence-corrected chi connectivity index (χ3v) is 4.13. The highest BCUT2D eigenvalue weighted by molar-refractivity contribution is 5.46. The minimum Gasteiger partial charge on any atom is -0.360 e. The van der Waals surface area contributed by atoms with Crippen molar-refractivity contribution in [2.45, 2.75) is 13.5 Å². The van der Waals surface area contributed by atoms with Crippen LogP contribution in [-0.2, 0) is 6.54 Å². The Kier molecular flexibility index (Phi) is 4.03. The number of hydrogen-bond donors (Lipinski definition) is 1. The number of nitrogens with one attached hydrogen (secondary N) is 1. The summed E-state index contributed by atoms with van der Waals surface area (Å²) in [6.07, 6.45) is 0. The summed E-state index contributed by atoms with van der Waals surface area (Å²) in [6.45, 7) is 8.10. The lowest BCUT2D eigenvalue weighted by Gasteiger charge is -2.33. The number of quaternary nitrogens is 1. The summed E-state index contributed by atoms with van der Waals surface area (Å²) in [4.78, 5) is 4.20.